The second kappa shape index (κ2) is 10.5. The lowest BCUT2D eigenvalue weighted by atomic mass is 10.0. The molecule has 4 aromatic rings. The number of sulfone groups is 1. The highest BCUT2D eigenvalue weighted by molar-refractivity contribution is 9.10. The number of amides is 1. The van der Waals surface area contributed by atoms with E-state index >= 15 is 0 Å². The number of carbonyl (C=O) groups is 1. The Morgan fingerprint density at radius 3 is 2.67 bits per heavy atom. The number of ether oxygens (including phenoxy) is 1. The summed E-state index contributed by atoms with van der Waals surface area (Å²) in [6, 6.07) is 13.6. The lowest BCUT2D eigenvalue weighted by Gasteiger charge is -2.18. The molecule has 0 unspecified atom stereocenters. The first-order valence-corrected chi connectivity index (χ1v) is 15.6. The number of anilines is 2. The van der Waals surface area contributed by atoms with Crippen LogP contribution < -0.4 is 20.5 Å². The number of pyridine rings is 1. The van der Waals surface area contributed by atoms with E-state index in [1.165, 1.54) is 12.3 Å². The largest absolute Gasteiger partial charge is 0.491 e. The van der Waals surface area contributed by atoms with Crippen LogP contribution in [-0.4, -0.2) is 62.4 Å². The summed E-state index contributed by atoms with van der Waals surface area (Å²) in [6.07, 6.45) is 1.53. The number of benzene rings is 2. The first kappa shape index (κ1) is 26.9. The van der Waals surface area contributed by atoms with Crippen LogP contribution in [0.15, 0.2) is 64.1 Å². The van der Waals surface area contributed by atoms with E-state index < -0.39 is 31.5 Å². The number of halogens is 1. The van der Waals surface area contributed by atoms with Crippen LogP contribution in [0.5, 0.6) is 5.75 Å². The van der Waals surface area contributed by atoms with Gasteiger partial charge in [0, 0.05) is 33.9 Å². The molecule has 5 rings (SSSR count). The van der Waals surface area contributed by atoms with Gasteiger partial charge in [-0.15, -0.1) is 0 Å². The summed E-state index contributed by atoms with van der Waals surface area (Å²) < 4.78 is 53.6. The molecule has 1 aliphatic heterocycles. The van der Waals surface area contributed by atoms with Crippen molar-refractivity contribution in [3.63, 3.8) is 0 Å². The minimum atomic E-state index is -3.77. The number of nitrogens with two attached hydrogens (primary N) is 1. The summed E-state index contributed by atoms with van der Waals surface area (Å²) in [5.41, 5.74) is 1.79. The number of rotatable bonds is 7. The van der Waals surface area contributed by atoms with Gasteiger partial charge in [0.2, 0.25) is 16.0 Å². The van der Waals surface area contributed by atoms with Crippen LogP contribution in [0.3, 0.4) is 0 Å². The molecule has 39 heavy (non-hydrogen) atoms. The van der Waals surface area contributed by atoms with Gasteiger partial charge in [0.15, 0.2) is 15.5 Å². The molecule has 0 fully saturated rings. The van der Waals surface area contributed by atoms with Crippen molar-refractivity contribution in [2.24, 2.45) is 5.14 Å². The van der Waals surface area contributed by atoms with Gasteiger partial charge in [-0.2, -0.15) is 4.98 Å². The fourth-order valence-electron chi connectivity index (χ4n) is 3.92. The van der Waals surface area contributed by atoms with Crippen LogP contribution in [0.25, 0.3) is 22.2 Å². The molecule has 0 radical (unpaired) electrons. The summed E-state index contributed by atoms with van der Waals surface area (Å²) in [5, 5.41) is 11.1. The number of primary sulfonamides is 1. The molecule has 0 saturated carbocycles. The summed E-state index contributed by atoms with van der Waals surface area (Å²) >= 11 is 3.49. The van der Waals surface area contributed by atoms with Crippen LogP contribution in [0.1, 0.15) is 10.5 Å². The third-order valence-corrected chi connectivity index (χ3v) is 8.92. The molecule has 0 spiro atoms. The van der Waals surface area contributed by atoms with Crippen molar-refractivity contribution in [3.05, 3.63) is 64.9 Å². The van der Waals surface area contributed by atoms with Crippen LogP contribution in [0.4, 0.5) is 11.6 Å². The molecule has 0 aliphatic carbocycles. The van der Waals surface area contributed by atoms with Crippen molar-refractivity contribution in [3.8, 4) is 16.9 Å². The van der Waals surface area contributed by atoms with E-state index in [4.69, 9.17) is 9.88 Å². The fraction of sp³-hybridized carbons (Fsp3) is 0.167. The molecule has 15 heteroatoms. The number of nitrogens with zero attached hydrogens (tertiary/aromatic N) is 3. The van der Waals surface area contributed by atoms with Crippen LogP contribution in [-0.2, 0) is 19.9 Å². The third-order valence-electron chi connectivity index (χ3n) is 5.76. The van der Waals surface area contributed by atoms with E-state index in [-0.39, 0.29) is 46.8 Å². The van der Waals surface area contributed by atoms with Gasteiger partial charge in [-0.1, -0.05) is 34.1 Å². The highest BCUT2D eigenvalue weighted by Crippen LogP contribution is 2.34. The molecule has 3 heterocycles. The number of fused-ring (bicyclic) bond motifs is 2. The number of sulfonamides is 1. The molecule has 2 aromatic heterocycles. The van der Waals surface area contributed by atoms with E-state index in [1.807, 2.05) is 12.1 Å². The van der Waals surface area contributed by atoms with Crippen molar-refractivity contribution in [1.82, 2.24) is 20.3 Å². The van der Waals surface area contributed by atoms with Gasteiger partial charge < -0.3 is 15.4 Å². The maximum atomic E-state index is 13.1. The Hall–Kier alpha value is -3.66. The number of hydrogen-bond acceptors (Lipinski definition) is 10. The minimum Gasteiger partial charge on any atom is -0.491 e. The molecule has 0 saturated heterocycles. The number of aromatic nitrogens is 3. The Morgan fingerprint density at radius 2 is 1.90 bits per heavy atom. The molecule has 0 bridgehead atoms. The fourth-order valence-corrected chi connectivity index (χ4v) is 6.07. The monoisotopic (exact) mass is 632 g/mol. The molecule has 202 valence electrons. The van der Waals surface area contributed by atoms with Crippen molar-refractivity contribution in [2.75, 3.05) is 30.0 Å². The topological polar surface area (TPSA) is 183 Å². The molecular formula is C24H21BrN6O6S2. The Kier molecular flexibility index (Phi) is 7.24. The van der Waals surface area contributed by atoms with E-state index in [9.17, 15) is 21.6 Å². The van der Waals surface area contributed by atoms with E-state index in [1.54, 1.807) is 30.3 Å². The summed E-state index contributed by atoms with van der Waals surface area (Å²) in [4.78, 5) is 26.4. The molecule has 4 N–H and O–H groups in total. The molecule has 1 amide bonds. The van der Waals surface area contributed by atoms with Crippen LogP contribution >= 0.6 is 15.9 Å². The maximum absolute atomic E-state index is 13.1. The van der Waals surface area contributed by atoms with Gasteiger partial charge in [0.1, 0.15) is 22.9 Å². The molecular weight excluding hydrogens is 612 g/mol. The highest BCUT2D eigenvalue weighted by Gasteiger charge is 2.25. The second-order valence-electron chi connectivity index (χ2n) is 8.55. The normalized spacial score (nSPS) is 14.3. The Labute approximate surface area is 232 Å². The minimum absolute atomic E-state index is 0.0190. The Morgan fingerprint density at radius 1 is 1.10 bits per heavy atom. The number of nitrogens with one attached hydrogen (secondary N) is 2. The predicted molar refractivity (Wildman–Crippen MR) is 148 cm³/mol. The van der Waals surface area contributed by atoms with Crippen molar-refractivity contribution in [2.45, 2.75) is 4.90 Å². The summed E-state index contributed by atoms with van der Waals surface area (Å²) in [5.74, 6) is -0.751. The molecule has 2 aromatic carbocycles. The average Bonchev–Trinajstić information content (AvgIpc) is 2.88. The lowest BCUT2D eigenvalue weighted by Crippen LogP contribution is -2.32. The quantitative estimate of drug-likeness (QED) is 0.273. The molecule has 0 atom stereocenters. The number of hydrogen-bond donors (Lipinski definition) is 3. The Bertz CT molecular complexity index is 1830. The second-order valence-corrected chi connectivity index (χ2v) is 13.2. The first-order valence-electron chi connectivity index (χ1n) is 11.5. The lowest BCUT2D eigenvalue weighted by molar-refractivity contribution is 0.0952. The van der Waals surface area contributed by atoms with Gasteiger partial charge in [-0.05, 0) is 35.9 Å². The van der Waals surface area contributed by atoms with Crippen molar-refractivity contribution in [1.29, 1.82) is 0 Å². The predicted octanol–water partition coefficient (Wildman–Crippen LogP) is 2.38. The Balaban J connectivity index is 1.52. The van der Waals surface area contributed by atoms with Crippen LogP contribution in [0.2, 0.25) is 0 Å². The zero-order valence-electron chi connectivity index (χ0n) is 20.1. The van der Waals surface area contributed by atoms with Gasteiger partial charge >= 0.3 is 0 Å². The van der Waals surface area contributed by atoms with Crippen molar-refractivity contribution >= 4 is 64.4 Å². The first-order chi connectivity index (χ1) is 18.5. The summed E-state index contributed by atoms with van der Waals surface area (Å²) in [7, 11) is -7.24. The van der Waals surface area contributed by atoms with E-state index in [2.05, 4.69) is 41.5 Å². The highest BCUT2D eigenvalue weighted by atomic mass is 79.9. The SMILES string of the molecule is NS(=O)(=O)CCNC(=O)c1nc2nc(Nc3ccc4c(c3)S(=O)(=O)CCO4)ncc2cc1-c1ccccc1Br. The maximum Gasteiger partial charge on any atom is 0.270 e. The number of carbonyl (C=O) groups excluding carboxylic acids is 1. The zero-order valence-corrected chi connectivity index (χ0v) is 23.3. The van der Waals surface area contributed by atoms with Gasteiger partial charge in [0.25, 0.3) is 5.91 Å². The van der Waals surface area contributed by atoms with Gasteiger partial charge in [-0.25, -0.2) is 31.9 Å². The molecule has 12 nitrogen and oxygen atoms in total. The van der Waals surface area contributed by atoms with E-state index in [0.717, 1.165) is 4.47 Å². The molecule has 1 aliphatic rings. The van der Waals surface area contributed by atoms with Gasteiger partial charge in [0.05, 0.1) is 11.5 Å². The van der Waals surface area contributed by atoms with Crippen LogP contribution in [0, 0.1) is 0 Å². The standard InChI is InChI=1S/C24H21BrN6O6S2/c25-18-4-2-1-3-16(18)17-11-14-13-28-24(29-15-5-6-19-20(12-15)38(33,34)10-8-37-19)31-22(14)30-21(17)23(32)27-7-9-39(26,35)36/h1-6,11-13H,7-10H2,(H,27,32)(H2,26,35,36)(H,28,29,30,31). The summed E-state index contributed by atoms with van der Waals surface area (Å²) in [6.45, 7) is -0.102. The van der Waals surface area contributed by atoms with Crippen molar-refractivity contribution < 1.29 is 26.4 Å². The van der Waals surface area contributed by atoms with Gasteiger partial charge in [-0.3, -0.25) is 4.79 Å². The third kappa shape index (κ3) is 6.00. The zero-order chi connectivity index (χ0) is 27.8. The van der Waals surface area contributed by atoms with E-state index in [0.29, 0.717) is 22.2 Å². The average molecular weight is 634 g/mol. The smallest absolute Gasteiger partial charge is 0.270 e.